The van der Waals surface area contributed by atoms with Gasteiger partial charge in [0.2, 0.25) is 10.0 Å². The Bertz CT molecular complexity index is 714. The Hall–Kier alpha value is -0.760. The summed E-state index contributed by atoms with van der Waals surface area (Å²) in [7, 11) is -3.56. The number of hydrogen-bond acceptors (Lipinski definition) is 4. The van der Waals surface area contributed by atoms with Gasteiger partial charge in [0.15, 0.2) is 0 Å². The molecule has 1 aliphatic heterocycles. The summed E-state index contributed by atoms with van der Waals surface area (Å²) in [6.45, 7) is 0.430. The molecule has 0 aromatic heterocycles. The molecule has 1 aromatic carbocycles. The molecule has 0 amide bonds. The monoisotopic (exact) mass is 345 g/mol. The zero-order chi connectivity index (χ0) is 14.9. The fraction of sp³-hybridized carbons (Fsp3) is 0.538. The van der Waals surface area contributed by atoms with Crippen molar-refractivity contribution < 1.29 is 8.42 Å². The molecule has 5 nitrogen and oxygen atoms in total. The van der Waals surface area contributed by atoms with Crippen LogP contribution in [0.25, 0.3) is 0 Å². The minimum Gasteiger partial charge on any atom is -0.211 e. The van der Waals surface area contributed by atoms with Crippen LogP contribution in [-0.4, -0.2) is 20.3 Å². The minimum atomic E-state index is -3.56. The molecular formula is C13H16ClN3O2S2. The summed E-state index contributed by atoms with van der Waals surface area (Å²) in [5.41, 5.74) is 1.05. The van der Waals surface area contributed by atoms with Crippen molar-refractivity contribution in [3.63, 3.8) is 0 Å². The Kier molecular flexibility index (Phi) is 4.44. The van der Waals surface area contributed by atoms with Gasteiger partial charge in [-0.25, -0.2) is 13.1 Å². The average molecular weight is 346 g/mol. The normalized spacial score (nSPS) is 24.6. The molecule has 21 heavy (non-hydrogen) atoms. The Balaban J connectivity index is 1.73. The first kappa shape index (κ1) is 15.1. The molecule has 2 atom stereocenters. The molecule has 2 aliphatic rings. The molecule has 3 rings (SSSR count). The van der Waals surface area contributed by atoms with E-state index in [2.05, 4.69) is 13.4 Å². The SMILES string of the molecule is O=S(=O)(NCC1CCCC(Cl)C1)c1cccc2c1N=S=N2. The van der Waals surface area contributed by atoms with Gasteiger partial charge in [-0.05, 0) is 37.3 Å². The standard InChI is InChI=1S/C13H16ClN3O2S2/c14-10-4-1-3-9(7-10)8-15-21(18,19)12-6-2-5-11-13(12)17-20-16-11/h2,5-6,9-10,15H,1,3-4,7-8H2. The van der Waals surface area contributed by atoms with Gasteiger partial charge < -0.3 is 0 Å². The van der Waals surface area contributed by atoms with Crippen LogP contribution in [0.3, 0.4) is 0 Å². The third-order valence-corrected chi connectivity index (χ3v) is 6.21. The number of nitrogens with zero attached hydrogens (tertiary/aromatic N) is 2. The van der Waals surface area contributed by atoms with E-state index in [0.29, 0.717) is 23.8 Å². The van der Waals surface area contributed by atoms with Gasteiger partial charge in [0.25, 0.3) is 0 Å². The van der Waals surface area contributed by atoms with Crippen molar-refractivity contribution in [3.8, 4) is 0 Å². The Morgan fingerprint density at radius 3 is 3.00 bits per heavy atom. The van der Waals surface area contributed by atoms with Crippen LogP contribution in [0, 0.1) is 5.92 Å². The average Bonchev–Trinajstić information content (AvgIpc) is 2.93. The summed E-state index contributed by atoms with van der Waals surface area (Å²) in [5, 5.41) is 0.166. The lowest BCUT2D eigenvalue weighted by Gasteiger charge is -2.25. The van der Waals surface area contributed by atoms with Crippen LogP contribution in [0.15, 0.2) is 31.8 Å². The number of fused-ring (bicyclic) bond motifs is 1. The number of alkyl halides is 1. The first-order valence-electron chi connectivity index (χ1n) is 6.91. The van der Waals surface area contributed by atoms with Crippen LogP contribution in [-0.2, 0) is 21.4 Å². The van der Waals surface area contributed by atoms with E-state index in [1.165, 1.54) is 0 Å². The molecule has 114 valence electrons. The number of hydrogen-bond donors (Lipinski definition) is 1. The van der Waals surface area contributed by atoms with Crippen LogP contribution in [0.5, 0.6) is 0 Å². The molecular weight excluding hydrogens is 330 g/mol. The molecule has 1 saturated carbocycles. The van der Waals surface area contributed by atoms with Gasteiger partial charge in [-0.15, -0.1) is 11.6 Å². The summed E-state index contributed by atoms with van der Waals surface area (Å²) in [5.74, 6) is 0.309. The van der Waals surface area contributed by atoms with E-state index in [9.17, 15) is 8.42 Å². The third kappa shape index (κ3) is 3.36. The molecule has 1 aromatic rings. The summed E-state index contributed by atoms with van der Waals surface area (Å²) in [6.07, 6.45) is 3.97. The predicted octanol–water partition coefficient (Wildman–Crippen LogP) is 3.49. The molecule has 1 N–H and O–H groups in total. The van der Waals surface area contributed by atoms with Crippen LogP contribution in [0.1, 0.15) is 25.7 Å². The van der Waals surface area contributed by atoms with Crippen LogP contribution < -0.4 is 4.72 Å². The van der Waals surface area contributed by atoms with E-state index in [1.54, 1.807) is 18.2 Å². The molecule has 0 spiro atoms. The van der Waals surface area contributed by atoms with Crippen molar-refractivity contribution in [2.24, 2.45) is 14.6 Å². The van der Waals surface area contributed by atoms with Crippen molar-refractivity contribution in [3.05, 3.63) is 18.2 Å². The predicted molar refractivity (Wildman–Crippen MR) is 84.8 cm³/mol. The van der Waals surface area contributed by atoms with Crippen molar-refractivity contribution in [1.29, 1.82) is 0 Å². The van der Waals surface area contributed by atoms with Crippen LogP contribution in [0.2, 0.25) is 0 Å². The molecule has 0 bridgehead atoms. The number of halogens is 1. The van der Waals surface area contributed by atoms with Crippen molar-refractivity contribution in [1.82, 2.24) is 4.72 Å². The summed E-state index contributed by atoms with van der Waals surface area (Å²) < 4.78 is 35.8. The van der Waals surface area contributed by atoms with E-state index in [-0.39, 0.29) is 10.3 Å². The summed E-state index contributed by atoms with van der Waals surface area (Å²) in [4.78, 5) is 0.201. The Morgan fingerprint density at radius 2 is 2.19 bits per heavy atom. The summed E-state index contributed by atoms with van der Waals surface area (Å²) in [6, 6.07) is 5.02. The highest BCUT2D eigenvalue weighted by Crippen LogP contribution is 2.37. The van der Waals surface area contributed by atoms with E-state index in [1.807, 2.05) is 0 Å². The van der Waals surface area contributed by atoms with Gasteiger partial charge in [0, 0.05) is 11.9 Å². The van der Waals surface area contributed by atoms with Gasteiger partial charge in [-0.2, -0.15) is 8.73 Å². The first-order valence-corrected chi connectivity index (χ1v) is 9.56. The first-order chi connectivity index (χ1) is 10.1. The molecule has 1 heterocycles. The van der Waals surface area contributed by atoms with Gasteiger partial charge in [-0.1, -0.05) is 12.5 Å². The number of rotatable bonds is 4. The van der Waals surface area contributed by atoms with Crippen molar-refractivity contribution >= 4 is 44.4 Å². The van der Waals surface area contributed by atoms with Crippen molar-refractivity contribution in [2.75, 3.05) is 6.54 Å². The van der Waals surface area contributed by atoms with Gasteiger partial charge in [0.05, 0.1) is 11.4 Å². The lowest BCUT2D eigenvalue weighted by molar-refractivity contribution is 0.361. The quantitative estimate of drug-likeness (QED) is 0.861. The fourth-order valence-electron chi connectivity index (χ4n) is 2.71. The van der Waals surface area contributed by atoms with Crippen molar-refractivity contribution in [2.45, 2.75) is 36.0 Å². The Labute approximate surface area is 133 Å². The fourth-order valence-corrected chi connectivity index (χ4v) is 5.00. The number of sulfonamides is 1. The molecule has 1 fully saturated rings. The topological polar surface area (TPSA) is 70.9 Å². The maximum atomic E-state index is 12.5. The minimum absolute atomic E-state index is 0.166. The lowest BCUT2D eigenvalue weighted by atomic mass is 9.89. The molecule has 0 radical (unpaired) electrons. The molecule has 0 saturated heterocycles. The highest BCUT2D eigenvalue weighted by Gasteiger charge is 2.25. The molecule has 8 heteroatoms. The van der Waals surface area contributed by atoms with E-state index < -0.39 is 10.0 Å². The van der Waals surface area contributed by atoms with E-state index in [4.69, 9.17) is 11.6 Å². The maximum Gasteiger partial charge on any atom is 0.242 e. The van der Waals surface area contributed by atoms with E-state index in [0.717, 1.165) is 37.0 Å². The van der Waals surface area contributed by atoms with Gasteiger partial charge >= 0.3 is 0 Å². The molecule has 1 aliphatic carbocycles. The smallest absolute Gasteiger partial charge is 0.211 e. The number of benzene rings is 1. The second kappa shape index (κ2) is 6.16. The second-order valence-corrected chi connectivity index (χ2v) is 8.25. The van der Waals surface area contributed by atoms with Crippen LogP contribution in [0.4, 0.5) is 11.4 Å². The lowest BCUT2D eigenvalue weighted by Crippen LogP contribution is -2.32. The molecule has 2 unspecified atom stereocenters. The second-order valence-electron chi connectivity index (χ2n) is 5.37. The zero-order valence-electron chi connectivity index (χ0n) is 11.3. The maximum absolute atomic E-state index is 12.5. The van der Waals surface area contributed by atoms with E-state index >= 15 is 0 Å². The third-order valence-electron chi connectivity index (χ3n) is 3.82. The Morgan fingerprint density at radius 1 is 1.33 bits per heavy atom. The highest BCUT2D eigenvalue weighted by molar-refractivity contribution is 7.89. The van der Waals surface area contributed by atoms with Gasteiger partial charge in [0.1, 0.15) is 16.3 Å². The zero-order valence-corrected chi connectivity index (χ0v) is 13.7. The number of nitrogens with one attached hydrogen (secondary N) is 1. The summed E-state index contributed by atoms with van der Waals surface area (Å²) >= 11 is 7.17. The van der Waals surface area contributed by atoms with Crippen LogP contribution >= 0.6 is 11.6 Å². The van der Waals surface area contributed by atoms with Gasteiger partial charge in [-0.3, -0.25) is 0 Å². The highest BCUT2D eigenvalue weighted by atomic mass is 35.5. The largest absolute Gasteiger partial charge is 0.242 e.